The minimum atomic E-state index is -0.0338. The molecule has 1 aromatic heterocycles. The number of piperidine rings is 1. The molecule has 2 aliphatic rings. The van der Waals surface area contributed by atoms with Crippen LogP contribution in [0.15, 0.2) is 12.4 Å². The predicted molar refractivity (Wildman–Crippen MR) is 96.8 cm³/mol. The zero-order chi connectivity index (χ0) is 18.4. The smallest absolute Gasteiger partial charge is 0.241 e. The zero-order valence-corrected chi connectivity index (χ0v) is 15.3. The van der Waals surface area contributed by atoms with Gasteiger partial charge in [-0.2, -0.15) is 0 Å². The van der Waals surface area contributed by atoms with Gasteiger partial charge in [-0.25, -0.2) is 9.97 Å². The molecule has 2 fully saturated rings. The van der Waals surface area contributed by atoms with Crippen molar-refractivity contribution in [1.29, 1.82) is 0 Å². The summed E-state index contributed by atoms with van der Waals surface area (Å²) in [4.78, 5) is 36.0. The third-order valence-electron chi connectivity index (χ3n) is 4.96. The van der Waals surface area contributed by atoms with E-state index in [0.29, 0.717) is 38.6 Å². The van der Waals surface area contributed by atoms with Gasteiger partial charge in [-0.15, -0.1) is 0 Å². The van der Waals surface area contributed by atoms with Gasteiger partial charge in [0.1, 0.15) is 12.1 Å². The third kappa shape index (κ3) is 4.91. The molecular weight excluding hydrogens is 334 g/mol. The molecule has 0 saturated carbocycles. The lowest BCUT2D eigenvalue weighted by molar-refractivity contribution is -0.141. The lowest BCUT2D eigenvalue weighted by Crippen LogP contribution is -2.44. The number of likely N-dealkylation sites (N-methyl/N-ethyl adjacent to an activating group) is 1. The van der Waals surface area contributed by atoms with Crippen LogP contribution in [-0.4, -0.2) is 78.0 Å². The maximum atomic E-state index is 12.3. The Hall–Kier alpha value is -2.22. The summed E-state index contributed by atoms with van der Waals surface area (Å²) in [6.07, 6.45) is 5.01. The summed E-state index contributed by atoms with van der Waals surface area (Å²) < 4.78 is 5.41. The minimum Gasteiger partial charge on any atom is -0.381 e. The average molecular weight is 361 g/mol. The van der Waals surface area contributed by atoms with Crippen molar-refractivity contribution >= 4 is 17.6 Å². The number of anilines is 1. The number of carbonyl (C=O) groups excluding carboxylic acids is 2. The Morgan fingerprint density at radius 2 is 2.31 bits per heavy atom. The molecule has 2 saturated heterocycles. The molecule has 8 heteroatoms. The first-order chi connectivity index (χ1) is 12.6. The van der Waals surface area contributed by atoms with E-state index in [9.17, 15) is 9.59 Å². The highest BCUT2D eigenvalue weighted by atomic mass is 16.5. The summed E-state index contributed by atoms with van der Waals surface area (Å²) >= 11 is 0. The highest BCUT2D eigenvalue weighted by Crippen LogP contribution is 2.24. The van der Waals surface area contributed by atoms with E-state index in [4.69, 9.17) is 4.74 Å². The number of carbonyl (C=O) groups is 2. The second-order valence-electron chi connectivity index (χ2n) is 6.90. The number of nitrogens with one attached hydrogen (secondary N) is 1. The van der Waals surface area contributed by atoms with E-state index in [1.54, 1.807) is 23.2 Å². The summed E-state index contributed by atoms with van der Waals surface area (Å²) in [6, 6.07) is 1.95. The van der Waals surface area contributed by atoms with Crippen LogP contribution in [0.3, 0.4) is 0 Å². The summed E-state index contributed by atoms with van der Waals surface area (Å²) in [5.74, 6) is 1.15. The summed E-state index contributed by atoms with van der Waals surface area (Å²) in [7, 11) is 1.76. The number of aromatic nitrogens is 2. The first-order valence-corrected chi connectivity index (χ1v) is 9.29. The van der Waals surface area contributed by atoms with Crippen LogP contribution in [-0.2, 0) is 14.3 Å². The molecule has 0 bridgehead atoms. The maximum Gasteiger partial charge on any atom is 0.241 e. The van der Waals surface area contributed by atoms with Gasteiger partial charge in [-0.1, -0.05) is 0 Å². The van der Waals surface area contributed by atoms with Gasteiger partial charge in [0.05, 0.1) is 18.8 Å². The normalized spacial score (nSPS) is 20.3. The van der Waals surface area contributed by atoms with Crippen LogP contribution < -0.4 is 5.32 Å². The quantitative estimate of drug-likeness (QED) is 0.775. The van der Waals surface area contributed by atoms with Crippen molar-refractivity contribution in [2.45, 2.75) is 31.6 Å². The molecule has 0 unspecified atom stereocenters. The van der Waals surface area contributed by atoms with E-state index in [-0.39, 0.29) is 18.4 Å². The number of rotatable bonds is 7. The Morgan fingerprint density at radius 3 is 3.08 bits per heavy atom. The fraction of sp³-hybridized carbons (Fsp3) is 0.667. The van der Waals surface area contributed by atoms with Crippen LogP contribution in [0.4, 0.5) is 5.82 Å². The fourth-order valence-corrected chi connectivity index (χ4v) is 3.25. The summed E-state index contributed by atoms with van der Waals surface area (Å²) in [5, 5.41) is 3.24. The van der Waals surface area contributed by atoms with Crippen LogP contribution in [0.2, 0.25) is 0 Å². The number of ether oxygens (including phenoxy) is 1. The average Bonchev–Trinajstić information content (AvgIpc) is 3.18. The van der Waals surface area contributed by atoms with Crippen molar-refractivity contribution in [2.24, 2.45) is 0 Å². The molecular formula is C18H27N5O3. The molecule has 1 aromatic rings. The molecule has 3 rings (SSSR count). The SMILES string of the molecule is CN(CCNc1cc([C@H]2CCOC2)ncn1)C(=O)CN1CCCCC1=O. The van der Waals surface area contributed by atoms with Crippen molar-refractivity contribution in [3.05, 3.63) is 18.1 Å². The molecule has 142 valence electrons. The van der Waals surface area contributed by atoms with Crippen molar-refractivity contribution < 1.29 is 14.3 Å². The van der Waals surface area contributed by atoms with E-state index in [2.05, 4.69) is 15.3 Å². The van der Waals surface area contributed by atoms with E-state index in [1.165, 1.54) is 0 Å². The van der Waals surface area contributed by atoms with Gasteiger partial charge in [-0.3, -0.25) is 9.59 Å². The Labute approximate surface area is 153 Å². The number of hydrogen-bond donors (Lipinski definition) is 1. The van der Waals surface area contributed by atoms with E-state index in [0.717, 1.165) is 37.4 Å². The molecule has 0 aromatic carbocycles. The van der Waals surface area contributed by atoms with Crippen molar-refractivity contribution in [3.8, 4) is 0 Å². The van der Waals surface area contributed by atoms with Crippen LogP contribution in [0.1, 0.15) is 37.3 Å². The number of hydrogen-bond acceptors (Lipinski definition) is 6. The molecule has 2 amide bonds. The predicted octanol–water partition coefficient (Wildman–Crippen LogP) is 0.863. The maximum absolute atomic E-state index is 12.3. The molecule has 1 N–H and O–H groups in total. The van der Waals surface area contributed by atoms with Gasteiger partial charge in [0, 0.05) is 51.7 Å². The number of amides is 2. The highest BCUT2D eigenvalue weighted by Gasteiger charge is 2.22. The lowest BCUT2D eigenvalue weighted by Gasteiger charge is -2.28. The van der Waals surface area contributed by atoms with Crippen LogP contribution in [0, 0.1) is 0 Å². The fourth-order valence-electron chi connectivity index (χ4n) is 3.25. The highest BCUT2D eigenvalue weighted by molar-refractivity contribution is 5.85. The molecule has 0 radical (unpaired) electrons. The summed E-state index contributed by atoms with van der Waals surface area (Å²) in [5.41, 5.74) is 0.994. The molecule has 2 aliphatic heterocycles. The Morgan fingerprint density at radius 1 is 1.42 bits per heavy atom. The van der Waals surface area contributed by atoms with Gasteiger partial charge >= 0.3 is 0 Å². The van der Waals surface area contributed by atoms with Crippen molar-refractivity contribution in [3.63, 3.8) is 0 Å². The lowest BCUT2D eigenvalue weighted by atomic mass is 10.1. The molecule has 8 nitrogen and oxygen atoms in total. The standard InChI is InChI=1S/C18H27N5O3/c1-22(18(25)11-23-7-3-2-4-17(23)24)8-6-19-16-10-15(20-13-21-16)14-5-9-26-12-14/h10,13-14H,2-9,11-12H2,1H3,(H,19,20,21)/t14-/m0/s1. The number of nitrogens with zero attached hydrogens (tertiary/aromatic N) is 4. The van der Waals surface area contributed by atoms with E-state index >= 15 is 0 Å². The minimum absolute atomic E-state index is 0.0338. The van der Waals surface area contributed by atoms with Gasteiger partial charge in [0.25, 0.3) is 0 Å². The second kappa shape index (κ2) is 8.93. The zero-order valence-electron chi connectivity index (χ0n) is 15.3. The first-order valence-electron chi connectivity index (χ1n) is 9.29. The van der Waals surface area contributed by atoms with Gasteiger partial charge in [-0.05, 0) is 19.3 Å². The molecule has 1 atom stereocenters. The monoisotopic (exact) mass is 361 g/mol. The summed E-state index contributed by atoms with van der Waals surface area (Å²) in [6.45, 7) is 3.49. The Kier molecular flexibility index (Phi) is 6.38. The van der Waals surface area contributed by atoms with E-state index < -0.39 is 0 Å². The molecule has 3 heterocycles. The van der Waals surface area contributed by atoms with Crippen LogP contribution in [0.25, 0.3) is 0 Å². The van der Waals surface area contributed by atoms with Crippen LogP contribution in [0.5, 0.6) is 0 Å². The van der Waals surface area contributed by atoms with Crippen molar-refractivity contribution in [2.75, 3.05) is 51.8 Å². The van der Waals surface area contributed by atoms with Crippen molar-refractivity contribution in [1.82, 2.24) is 19.8 Å². The third-order valence-corrected chi connectivity index (χ3v) is 4.96. The Balaban J connectivity index is 1.43. The topological polar surface area (TPSA) is 87.7 Å². The van der Waals surface area contributed by atoms with E-state index in [1.807, 2.05) is 6.07 Å². The largest absolute Gasteiger partial charge is 0.381 e. The van der Waals surface area contributed by atoms with Crippen LogP contribution >= 0.6 is 0 Å². The Bertz CT molecular complexity index is 633. The molecule has 0 spiro atoms. The van der Waals surface area contributed by atoms with Gasteiger partial charge in [0.2, 0.25) is 11.8 Å². The number of likely N-dealkylation sites (tertiary alicyclic amines) is 1. The first kappa shape index (κ1) is 18.6. The second-order valence-corrected chi connectivity index (χ2v) is 6.90. The van der Waals surface area contributed by atoms with Gasteiger partial charge in [0.15, 0.2) is 0 Å². The molecule has 0 aliphatic carbocycles. The van der Waals surface area contributed by atoms with Gasteiger partial charge < -0.3 is 19.9 Å². The molecule has 26 heavy (non-hydrogen) atoms.